The van der Waals surface area contributed by atoms with Gasteiger partial charge in [0.05, 0.1) is 28.7 Å². The number of amides is 1. The molecule has 1 amide bonds. The smallest absolute Gasteiger partial charge is 0.303 e. The molecule has 1 atom stereocenters. The van der Waals surface area contributed by atoms with E-state index in [4.69, 9.17) is 21.8 Å². The summed E-state index contributed by atoms with van der Waals surface area (Å²) in [4.78, 5) is 42.2. The third-order valence-corrected chi connectivity index (χ3v) is 8.71. The van der Waals surface area contributed by atoms with Crippen LogP contribution in [0.25, 0.3) is 39.0 Å². The number of nitrogens with one attached hydrogen (secondary N) is 1. The number of nitrogens with zero attached hydrogens (tertiary/aromatic N) is 4. The molecule has 0 bridgehead atoms. The summed E-state index contributed by atoms with van der Waals surface area (Å²) < 4.78 is 1.78. The van der Waals surface area contributed by atoms with Gasteiger partial charge in [0.2, 0.25) is 5.91 Å². The second-order valence-corrected chi connectivity index (χ2v) is 12.0. The lowest BCUT2D eigenvalue weighted by Crippen LogP contribution is -2.27. The van der Waals surface area contributed by atoms with Crippen molar-refractivity contribution in [1.29, 1.82) is 0 Å². The van der Waals surface area contributed by atoms with Crippen molar-refractivity contribution < 1.29 is 14.7 Å². The third-order valence-electron chi connectivity index (χ3n) is 8.46. The maximum absolute atomic E-state index is 14.0. The summed E-state index contributed by atoms with van der Waals surface area (Å²) in [6.45, 7) is 0. The number of rotatable bonds is 9. The molecule has 3 heterocycles. The van der Waals surface area contributed by atoms with Crippen LogP contribution in [0.15, 0.2) is 125 Å². The van der Waals surface area contributed by atoms with E-state index in [-0.39, 0.29) is 37.1 Å². The van der Waals surface area contributed by atoms with Crippen molar-refractivity contribution in [2.45, 2.75) is 31.7 Å². The number of aromatic nitrogens is 3. The van der Waals surface area contributed by atoms with Crippen LogP contribution in [0.5, 0.6) is 0 Å². The number of para-hydroxylation sites is 2. The Labute approximate surface area is 280 Å². The zero-order valence-corrected chi connectivity index (χ0v) is 26.5. The summed E-state index contributed by atoms with van der Waals surface area (Å²) in [7, 11) is 0. The minimum atomic E-state index is -0.976. The Morgan fingerprint density at radius 3 is 2.25 bits per heavy atom. The molecule has 10 heteroatoms. The number of hydrazone groups is 1. The van der Waals surface area contributed by atoms with E-state index in [0.717, 1.165) is 27.8 Å². The van der Waals surface area contributed by atoms with Gasteiger partial charge >= 0.3 is 5.97 Å². The number of carboxylic acids is 1. The first-order valence-electron chi connectivity index (χ1n) is 15.6. The maximum atomic E-state index is 14.0. The molecule has 0 saturated carbocycles. The van der Waals surface area contributed by atoms with Crippen molar-refractivity contribution in [1.82, 2.24) is 19.8 Å². The molecule has 6 aromatic rings. The lowest BCUT2D eigenvalue weighted by Gasteiger charge is -2.22. The quantitative estimate of drug-likeness (QED) is 0.166. The van der Waals surface area contributed by atoms with Gasteiger partial charge in [0.15, 0.2) is 0 Å². The Morgan fingerprint density at radius 1 is 0.833 bits per heavy atom. The average molecular weight is 656 g/mol. The van der Waals surface area contributed by atoms with Crippen LogP contribution in [0, 0.1) is 0 Å². The van der Waals surface area contributed by atoms with Gasteiger partial charge in [0.1, 0.15) is 0 Å². The molecule has 2 aromatic heterocycles. The monoisotopic (exact) mass is 655 g/mol. The fourth-order valence-electron chi connectivity index (χ4n) is 6.24. The number of carbonyl (C=O) groups excluding carboxylic acids is 1. The zero-order valence-electron chi connectivity index (χ0n) is 25.7. The first-order valence-corrected chi connectivity index (χ1v) is 16.0. The van der Waals surface area contributed by atoms with Crippen LogP contribution >= 0.6 is 11.6 Å². The first-order chi connectivity index (χ1) is 23.4. The number of carbonyl (C=O) groups is 2. The number of pyridine rings is 1. The lowest BCUT2D eigenvalue weighted by atomic mass is 9.90. The highest BCUT2D eigenvalue weighted by molar-refractivity contribution is 6.30. The third kappa shape index (κ3) is 6.03. The summed E-state index contributed by atoms with van der Waals surface area (Å²) in [5.41, 5.74) is 5.73. The van der Waals surface area contributed by atoms with Crippen LogP contribution in [0.2, 0.25) is 5.02 Å². The topological polar surface area (TPSA) is 121 Å². The van der Waals surface area contributed by atoms with E-state index < -0.39 is 12.0 Å². The average Bonchev–Trinajstić information content (AvgIpc) is 3.74. The largest absolute Gasteiger partial charge is 0.481 e. The standard InChI is InChI=1S/C38H30ClN5O4/c39-26-20-18-24(19-21-26)35-28-14-7-8-15-30(28)40-38(48)36(35)31-22-32(44(41-31)33(45)16-9-17-34(46)47)29-23-43(27-12-5-2-6-13-27)42-37(29)25-10-3-1-4-11-25/h1-8,10-15,18-21,23,32H,9,16-17,22H2,(H,40,48)(H,46,47). The highest BCUT2D eigenvalue weighted by atomic mass is 35.5. The number of hydrogen-bond acceptors (Lipinski definition) is 5. The first kappa shape index (κ1) is 30.8. The van der Waals surface area contributed by atoms with Crippen LogP contribution in [0.4, 0.5) is 0 Å². The highest BCUT2D eigenvalue weighted by Gasteiger charge is 2.38. The molecule has 1 aliphatic heterocycles. The number of carboxylic acid groups (broad SMARTS) is 1. The summed E-state index contributed by atoms with van der Waals surface area (Å²) in [5, 5.41) is 21.9. The van der Waals surface area contributed by atoms with Crippen molar-refractivity contribution in [3.63, 3.8) is 0 Å². The van der Waals surface area contributed by atoms with Gasteiger partial charge in [-0.15, -0.1) is 0 Å². The Hall–Kier alpha value is -5.80. The second-order valence-electron chi connectivity index (χ2n) is 11.6. The molecule has 0 radical (unpaired) electrons. The van der Waals surface area contributed by atoms with Crippen LogP contribution in [-0.4, -0.2) is 42.5 Å². The summed E-state index contributed by atoms with van der Waals surface area (Å²) in [6.07, 6.45) is 2.12. The molecule has 4 aromatic carbocycles. The second kappa shape index (κ2) is 13.1. The number of fused-ring (bicyclic) bond motifs is 1. The van der Waals surface area contributed by atoms with E-state index in [9.17, 15) is 19.5 Å². The van der Waals surface area contributed by atoms with Gasteiger partial charge in [-0.05, 0) is 42.3 Å². The van der Waals surface area contributed by atoms with Crippen LogP contribution in [0.1, 0.15) is 42.9 Å². The summed E-state index contributed by atoms with van der Waals surface area (Å²) >= 11 is 6.25. The minimum Gasteiger partial charge on any atom is -0.481 e. The van der Waals surface area contributed by atoms with Crippen molar-refractivity contribution in [2.75, 3.05) is 0 Å². The summed E-state index contributed by atoms with van der Waals surface area (Å²) in [6, 6.07) is 33.6. The van der Waals surface area contributed by atoms with Gasteiger partial charge in [0, 0.05) is 58.1 Å². The predicted octanol–water partition coefficient (Wildman–Crippen LogP) is 7.63. The Morgan fingerprint density at radius 2 is 1.52 bits per heavy atom. The van der Waals surface area contributed by atoms with Crippen molar-refractivity contribution in [3.8, 4) is 28.1 Å². The van der Waals surface area contributed by atoms with E-state index >= 15 is 0 Å². The van der Waals surface area contributed by atoms with Gasteiger partial charge in [-0.1, -0.05) is 90.5 Å². The molecule has 48 heavy (non-hydrogen) atoms. The molecular weight excluding hydrogens is 626 g/mol. The highest BCUT2D eigenvalue weighted by Crippen LogP contribution is 2.40. The van der Waals surface area contributed by atoms with Crippen LogP contribution in [0.3, 0.4) is 0 Å². The van der Waals surface area contributed by atoms with E-state index in [2.05, 4.69) is 4.98 Å². The molecular formula is C38H30ClN5O4. The number of aliphatic carboxylic acids is 1. The number of benzene rings is 4. The molecule has 0 spiro atoms. The number of hydrogen-bond donors (Lipinski definition) is 2. The van der Waals surface area contributed by atoms with E-state index in [1.165, 1.54) is 5.01 Å². The van der Waals surface area contributed by atoms with E-state index in [1.807, 2.05) is 103 Å². The SMILES string of the molecule is O=C(O)CCCC(=O)N1N=C(c2c(-c3ccc(Cl)cc3)c3ccccc3[nH]c2=O)CC1c1cn(-c2ccccc2)nc1-c1ccccc1. The molecule has 1 aliphatic rings. The molecule has 9 nitrogen and oxygen atoms in total. The molecule has 238 valence electrons. The molecule has 2 N–H and O–H groups in total. The Kier molecular flexibility index (Phi) is 8.44. The van der Waals surface area contributed by atoms with Gasteiger partial charge in [0.25, 0.3) is 5.56 Å². The van der Waals surface area contributed by atoms with Gasteiger partial charge in [-0.3, -0.25) is 14.4 Å². The fourth-order valence-corrected chi connectivity index (χ4v) is 6.36. The van der Waals surface area contributed by atoms with Gasteiger partial charge in [-0.2, -0.15) is 10.2 Å². The van der Waals surface area contributed by atoms with Gasteiger partial charge in [-0.25, -0.2) is 9.69 Å². The van der Waals surface area contributed by atoms with E-state index in [1.54, 1.807) is 16.8 Å². The molecule has 0 aliphatic carbocycles. The normalized spacial score (nSPS) is 14.3. The van der Waals surface area contributed by atoms with Crippen molar-refractivity contribution in [3.05, 3.63) is 142 Å². The fraction of sp³-hybridized carbons (Fsp3) is 0.132. The predicted molar refractivity (Wildman–Crippen MR) is 186 cm³/mol. The summed E-state index contributed by atoms with van der Waals surface area (Å²) in [5.74, 6) is -1.32. The molecule has 0 saturated heterocycles. The van der Waals surface area contributed by atoms with Crippen LogP contribution in [-0.2, 0) is 9.59 Å². The Bertz CT molecular complexity index is 2230. The molecule has 1 unspecified atom stereocenters. The Balaban J connectivity index is 1.40. The molecule has 7 rings (SSSR count). The number of halogens is 1. The van der Waals surface area contributed by atoms with Crippen molar-refractivity contribution in [2.24, 2.45) is 5.10 Å². The number of H-pyrrole nitrogens is 1. The minimum absolute atomic E-state index is 0.0226. The maximum Gasteiger partial charge on any atom is 0.303 e. The lowest BCUT2D eigenvalue weighted by molar-refractivity contribution is -0.137. The van der Waals surface area contributed by atoms with Crippen LogP contribution < -0.4 is 5.56 Å². The van der Waals surface area contributed by atoms with E-state index in [0.29, 0.717) is 33.1 Å². The zero-order chi connectivity index (χ0) is 33.2. The van der Waals surface area contributed by atoms with Gasteiger partial charge < -0.3 is 10.1 Å². The van der Waals surface area contributed by atoms with Crippen molar-refractivity contribution >= 4 is 40.1 Å². The number of aromatic amines is 1. The molecule has 0 fully saturated rings.